The van der Waals surface area contributed by atoms with Gasteiger partial charge in [-0.15, -0.1) is 16.4 Å². The Kier molecular flexibility index (Phi) is 3.65. The fourth-order valence-corrected chi connectivity index (χ4v) is 2.49. The molecule has 7 heteroatoms. The van der Waals surface area contributed by atoms with Crippen LogP contribution in [-0.4, -0.2) is 32.4 Å². The first-order valence-electron chi connectivity index (χ1n) is 6.15. The van der Waals surface area contributed by atoms with E-state index >= 15 is 0 Å². The zero-order valence-corrected chi connectivity index (χ0v) is 11.7. The predicted molar refractivity (Wildman–Crippen MR) is 77.8 cm³/mol. The van der Waals surface area contributed by atoms with Gasteiger partial charge >= 0.3 is 12.0 Å². The van der Waals surface area contributed by atoms with Crippen LogP contribution >= 0.6 is 11.3 Å². The van der Waals surface area contributed by atoms with E-state index in [1.54, 1.807) is 4.68 Å². The number of carboxylic acids is 1. The Labute approximate surface area is 124 Å². The van der Waals surface area contributed by atoms with Crippen LogP contribution in [0.4, 0.5) is 0 Å². The van der Waals surface area contributed by atoms with Crippen molar-refractivity contribution in [3.05, 3.63) is 47.8 Å². The second-order valence-electron chi connectivity index (χ2n) is 4.13. The first-order chi connectivity index (χ1) is 10.2. The molecule has 2 heterocycles. The molecule has 2 aromatic heterocycles. The zero-order valence-electron chi connectivity index (χ0n) is 10.8. The topological polar surface area (TPSA) is 77.2 Å². The number of ether oxygens (including phenoxy) is 1. The van der Waals surface area contributed by atoms with Crippen molar-refractivity contribution in [3.8, 4) is 22.4 Å². The molecule has 21 heavy (non-hydrogen) atoms. The Bertz CT molecular complexity index is 738. The molecular formula is C14H11N3O3S. The molecule has 0 fully saturated rings. The molecule has 0 spiro atoms. The number of hydrogen-bond acceptors (Lipinski definition) is 5. The smallest absolute Gasteiger partial charge is 0.341 e. The van der Waals surface area contributed by atoms with Gasteiger partial charge in [0.25, 0.3) is 0 Å². The van der Waals surface area contributed by atoms with Crippen LogP contribution in [0.25, 0.3) is 16.4 Å². The van der Waals surface area contributed by atoms with Gasteiger partial charge in [0.05, 0.1) is 10.6 Å². The van der Waals surface area contributed by atoms with Gasteiger partial charge in [0.2, 0.25) is 0 Å². The number of nitrogens with zero attached hydrogens (tertiary/aromatic N) is 3. The van der Waals surface area contributed by atoms with E-state index in [0.29, 0.717) is 5.82 Å². The SMILES string of the molecule is O=C(O)COc1nc(-c2cccs2)n(-c2ccccc2)n1. The van der Waals surface area contributed by atoms with Crippen LogP contribution in [0.1, 0.15) is 0 Å². The molecule has 0 radical (unpaired) electrons. The molecular weight excluding hydrogens is 290 g/mol. The second kappa shape index (κ2) is 5.76. The summed E-state index contributed by atoms with van der Waals surface area (Å²) in [5.74, 6) is -0.444. The van der Waals surface area contributed by atoms with Gasteiger partial charge in [0.1, 0.15) is 0 Å². The summed E-state index contributed by atoms with van der Waals surface area (Å²) < 4.78 is 6.71. The van der Waals surface area contributed by atoms with Gasteiger partial charge in [-0.3, -0.25) is 0 Å². The Morgan fingerprint density at radius 1 is 1.24 bits per heavy atom. The van der Waals surface area contributed by atoms with Crippen molar-refractivity contribution >= 4 is 17.3 Å². The number of aromatic nitrogens is 3. The molecule has 0 bridgehead atoms. The molecule has 0 aliphatic heterocycles. The highest BCUT2D eigenvalue weighted by atomic mass is 32.1. The molecule has 3 aromatic rings. The van der Waals surface area contributed by atoms with Gasteiger partial charge in [-0.2, -0.15) is 4.98 Å². The fourth-order valence-electron chi connectivity index (χ4n) is 1.80. The van der Waals surface area contributed by atoms with Crippen molar-refractivity contribution < 1.29 is 14.6 Å². The van der Waals surface area contributed by atoms with Crippen molar-refractivity contribution in [1.29, 1.82) is 0 Å². The van der Waals surface area contributed by atoms with E-state index in [1.165, 1.54) is 11.3 Å². The summed E-state index contributed by atoms with van der Waals surface area (Å²) in [4.78, 5) is 15.8. The van der Waals surface area contributed by atoms with Crippen molar-refractivity contribution in [2.24, 2.45) is 0 Å². The zero-order chi connectivity index (χ0) is 14.7. The summed E-state index contributed by atoms with van der Waals surface area (Å²) >= 11 is 1.53. The van der Waals surface area contributed by atoms with Gasteiger partial charge in [-0.1, -0.05) is 24.3 Å². The number of thiophene rings is 1. The van der Waals surface area contributed by atoms with Crippen LogP contribution in [0.2, 0.25) is 0 Å². The van der Waals surface area contributed by atoms with E-state index in [9.17, 15) is 4.79 Å². The monoisotopic (exact) mass is 301 g/mol. The minimum Gasteiger partial charge on any atom is -0.479 e. The quantitative estimate of drug-likeness (QED) is 0.783. The average molecular weight is 301 g/mol. The Hall–Kier alpha value is -2.67. The molecule has 3 rings (SSSR count). The molecule has 1 N–H and O–H groups in total. The largest absolute Gasteiger partial charge is 0.479 e. The van der Waals surface area contributed by atoms with Crippen LogP contribution in [-0.2, 0) is 4.79 Å². The number of hydrogen-bond donors (Lipinski definition) is 1. The first-order valence-corrected chi connectivity index (χ1v) is 7.03. The van der Waals surface area contributed by atoms with Crippen LogP contribution < -0.4 is 4.74 Å². The third kappa shape index (κ3) is 2.92. The highest BCUT2D eigenvalue weighted by molar-refractivity contribution is 7.13. The molecule has 0 aliphatic carbocycles. The Morgan fingerprint density at radius 3 is 2.71 bits per heavy atom. The summed E-state index contributed by atoms with van der Waals surface area (Å²) in [6, 6.07) is 13.4. The molecule has 0 aliphatic rings. The van der Waals surface area contributed by atoms with Gasteiger partial charge in [-0.25, -0.2) is 9.48 Å². The lowest BCUT2D eigenvalue weighted by atomic mass is 10.3. The lowest BCUT2D eigenvalue weighted by Gasteiger charge is -2.03. The van der Waals surface area contributed by atoms with Gasteiger partial charge in [0.15, 0.2) is 12.4 Å². The Balaban J connectivity index is 2.02. The molecule has 0 unspecified atom stereocenters. The molecule has 1 aromatic carbocycles. The molecule has 0 saturated heterocycles. The van der Waals surface area contributed by atoms with Gasteiger partial charge in [-0.05, 0) is 23.6 Å². The van der Waals surface area contributed by atoms with E-state index in [-0.39, 0.29) is 6.01 Å². The summed E-state index contributed by atoms with van der Waals surface area (Å²) in [6.45, 7) is -0.470. The van der Waals surface area contributed by atoms with E-state index in [1.807, 2.05) is 47.8 Å². The maximum Gasteiger partial charge on any atom is 0.341 e. The summed E-state index contributed by atoms with van der Waals surface area (Å²) in [5.41, 5.74) is 0.832. The average Bonchev–Trinajstić information content (AvgIpc) is 3.15. The van der Waals surface area contributed by atoms with E-state index in [0.717, 1.165) is 10.6 Å². The molecule has 0 atom stereocenters. The molecule has 0 amide bonds. The number of rotatable bonds is 5. The maximum absolute atomic E-state index is 10.6. The minimum absolute atomic E-state index is 0.0460. The summed E-state index contributed by atoms with van der Waals surface area (Å²) in [5, 5.41) is 14.8. The van der Waals surface area contributed by atoms with Crippen LogP contribution in [0.5, 0.6) is 6.01 Å². The third-order valence-electron chi connectivity index (χ3n) is 2.65. The predicted octanol–water partition coefficient (Wildman–Crippen LogP) is 2.46. The van der Waals surface area contributed by atoms with Crippen LogP contribution in [0, 0.1) is 0 Å². The highest BCUT2D eigenvalue weighted by Crippen LogP contribution is 2.27. The lowest BCUT2D eigenvalue weighted by molar-refractivity contribution is -0.139. The highest BCUT2D eigenvalue weighted by Gasteiger charge is 2.15. The lowest BCUT2D eigenvalue weighted by Crippen LogP contribution is -2.10. The van der Waals surface area contributed by atoms with Crippen LogP contribution in [0.3, 0.4) is 0 Å². The van der Waals surface area contributed by atoms with Crippen molar-refractivity contribution in [2.75, 3.05) is 6.61 Å². The van der Waals surface area contributed by atoms with Gasteiger partial charge in [0, 0.05) is 0 Å². The fraction of sp³-hybridized carbons (Fsp3) is 0.0714. The molecule has 106 valence electrons. The standard InChI is InChI=1S/C14H11N3O3S/c18-12(19)9-20-14-15-13(11-7-4-8-21-11)17(16-14)10-5-2-1-3-6-10/h1-8H,9H2,(H,18,19). The van der Waals surface area contributed by atoms with Crippen molar-refractivity contribution in [3.63, 3.8) is 0 Å². The number of para-hydroxylation sites is 1. The minimum atomic E-state index is -1.07. The van der Waals surface area contributed by atoms with Crippen molar-refractivity contribution in [1.82, 2.24) is 14.8 Å². The number of benzene rings is 1. The van der Waals surface area contributed by atoms with E-state index < -0.39 is 12.6 Å². The van der Waals surface area contributed by atoms with Crippen LogP contribution in [0.15, 0.2) is 47.8 Å². The molecule has 0 saturated carbocycles. The maximum atomic E-state index is 10.6. The van der Waals surface area contributed by atoms with Crippen molar-refractivity contribution in [2.45, 2.75) is 0 Å². The van der Waals surface area contributed by atoms with E-state index in [2.05, 4.69) is 10.1 Å². The number of aliphatic carboxylic acids is 1. The second-order valence-corrected chi connectivity index (χ2v) is 5.07. The van der Waals surface area contributed by atoms with E-state index in [4.69, 9.17) is 9.84 Å². The molecule has 6 nitrogen and oxygen atoms in total. The number of carbonyl (C=O) groups is 1. The Morgan fingerprint density at radius 2 is 2.05 bits per heavy atom. The number of carboxylic acid groups (broad SMARTS) is 1. The normalized spacial score (nSPS) is 10.5. The first kappa shape index (κ1) is 13.3. The third-order valence-corrected chi connectivity index (χ3v) is 3.52. The van der Waals surface area contributed by atoms with Gasteiger partial charge < -0.3 is 9.84 Å². The summed E-state index contributed by atoms with van der Waals surface area (Å²) in [7, 11) is 0. The summed E-state index contributed by atoms with van der Waals surface area (Å²) in [6.07, 6.45) is 0.